The largest absolute Gasteiger partial charge is 0.357 e. The molecule has 15 heavy (non-hydrogen) atoms. The molecule has 0 aliphatic heterocycles. The Labute approximate surface area is 92.7 Å². The monoisotopic (exact) mass is 206 g/mol. The molecule has 2 nitrogen and oxygen atoms in total. The van der Waals surface area contributed by atoms with Crippen molar-refractivity contribution < 1.29 is 0 Å². The fourth-order valence-electron chi connectivity index (χ4n) is 2.54. The minimum Gasteiger partial charge on any atom is -0.357 e. The Morgan fingerprint density at radius 2 is 2.33 bits per heavy atom. The SMILES string of the molecule is Cn1ccc(CNC2CCC(C)(C)C2)c1. The van der Waals surface area contributed by atoms with Gasteiger partial charge in [0.15, 0.2) is 0 Å². The molecule has 1 atom stereocenters. The van der Waals surface area contributed by atoms with E-state index in [9.17, 15) is 0 Å². The molecule has 0 radical (unpaired) electrons. The van der Waals surface area contributed by atoms with Gasteiger partial charge in [-0.25, -0.2) is 0 Å². The van der Waals surface area contributed by atoms with Gasteiger partial charge in [0, 0.05) is 32.0 Å². The number of hydrogen-bond donors (Lipinski definition) is 1. The highest BCUT2D eigenvalue weighted by Gasteiger charge is 2.30. The first-order chi connectivity index (χ1) is 7.05. The molecule has 1 heterocycles. The maximum atomic E-state index is 3.65. The Kier molecular flexibility index (Phi) is 2.87. The topological polar surface area (TPSA) is 17.0 Å². The molecule has 0 amide bonds. The van der Waals surface area contributed by atoms with E-state index in [1.165, 1.54) is 24.8 Å². The molecule has 1 aliphatic carbocycles. The van der Waals surface area contributed by atoms with E-state index in [2.05, 4.69) is 49.2 Å². The van der Waals surface area contributed by atoms with E-state index >= 15 is 0 Å². The predicted octanol–water partition coefficient (Wildman–Crippen LogP) is 2.69. The van der Waals surface area contributed by atoms with Gasteiger partial charge >= 0.3 is 0 Å². The van der Waals surface area contributed by atoms with E-state index in [0.717, 1.165) is 12.6 Å². The highest BCUT2D eigenvalue weighted by molar-refractivity contribution is 5.09. The van der Waals surface area contributed by atoms with Crippen LogP contribution < -0.4 is 5.32 Å². The van der Waals surface area contributed by atoms with Crippen LogP contribution in [0.15, 0.2) is 18.5 Å². The molecule has 0 aromatic carbocycles. The quantitative estimate of drug-likeness (QED) is 0.804. The van der Waals surface area contributed by atoms with E-state index in [1.807, 2.05) is 0 Å². The summed E-state index contributed by atoms with van der Waals surface area (Å²) in [6.45, 7) is 5.76. The van der Waals surface area contributed by atoms with Gasteiger partial charge in [-0.05, 0) is 36.3 Å². The van der Waals surface area contributed by atoms with Crippen LogP contribution in [-0.4, -0.2) is 10.6 Å². The molecule has 0 saturated heterocycles. The first-order valence-corrected chi connectivity index (χ1v) is 5.89. The summed E-state index contributed by atoms with van der Waals surface area (Å²) in [5.74, 6) is 0. The molecule has 1 unspecified atom stereocenters. The van der Waals surface area contributed by atoms with Crippen molar-refractivity contribution in [3.8, 4) is 0 Å². The number of hydrogen-bond acceptors (Lipinski definition) is 1. The number of nitrogens with one attached hydrogen (secondary N) is 1. The lowest BCUT2D eigenvalue weighted by Gasteiger charge is -2.17. The standard InChI is InChI=1S/C13H22N2/c1-13(2)6-4-12(8-13)14-9-11-5-7-15(3)10-11/h5,7,10,12,14H,4,6,8-9H2,1-3H3. The zero-order chi connectivity index (χ0) is 10.9. The van der Waals surface area contributed by atoms with E-state index < -0.39 is 0 Å². The predicted molar refractivity (Wildman–Crippen MR) is 63.7 cm³/mol. The minimum atomic E-state index is 0.550. The van der Waals surface area contributed by atoms with Crippen molar-refractivity contribution in [2.45, 2.75) is 45.7 Å². The lowest BCUT2D eigenvalue weighted by Crippen LogP contribution is -2.26. The molecule has 0 spiro atoms. The van der Waals surface area contributed by atoms with Crippen molar-refractivity contribution in [2.75, 3.05) is 0 Å². The zero-order valence-electron chi connectivity index (χ0n) is 10.1. The summed E-state index contributed by atoms with van der Waals surface area (Å²) >= 11 is 0. The molecule has 1 aromatic rings. The molecule has 1 fully saturated rings. The Bertz CT molecular complexity index is 325. The second kappa shape index (κ2) is 4.01. The van der Waals surface area contributed by atoms with Crippen LogP contribution >= 0.6 is 0 Å². The summed E-state index contributed by atoms with van der Waals surface area (Å²) < 4.78 is 2.11. The maximum absolute atomic E-state index is 3.65. The molecule has 0 bridgehead atoms. The summed E-state index contributed by atoms with van der Waals surface area (Å²) in [6.07, 6.45) is 8.31. The zero-order valence-corrected chi connectivity index (χ0v) is 10.1. The van der Waals surface area contributed by atoms with Gasteiger partial charge in [-0.2, -0.15) is 0 Å². The van der Waals surface area contributed by atoms with Gasteiger partial charge in [0.1, 0.15) is 0 Å². The summed E-state index contributed by atoms with van der Waals surface area (Å²) in [7, 11) is 2.07. The van der Waals surface area contributed by atoms with Gasteiger partial charge in [-0.15, -0.1) is 0 Å². The number of rotatable bonds is 3. The Morgan fingerprint density at radius 1 is 1.53 bits per heavy atom. The normalized spacial score (nSPS) is 24.6. The Balaban J connectivity index is 1.80. The van der Waals surface area contributed by atoms with Crippen molar-refractivity contribution in [1.29, 1.82) is 0 Å². The minimum absolute atomic E-state index is 0.550. The van der Waals surface area contributed by atoms with Crippen LogP contribution in [0, 0.1) is 5.41 Å². The smallest absolute Gasteiger partial charge is 0.0223 e. The molecular formula is C13H22N2. The third kappa shape index (κ3) is 2.85. The third-order valence-electron chi connectivity index (χ3n) is 3.46. The molecule has 84 valence electrons. The summed E-state index contributed by atoms with van der Waals surface area (Å²) in [5.41, 5.74) is 1.94. The van der Waals surface area contributed by atoms with Crippen molar-refractivity contribution >= 4 is 0 Å². The first-order valence-electron chi connectivity index (χ1n) is 5.89. The lowest BCUT2D eigenvalue weighted by molar-refractivity contribution is 0.364. The van der Waals surface area contributed by atoms with E-state index in [1.54, 1.807) is 0 Å². The van der Waals surface area contributed by atoms with Crippen LogP contribution in [0.3, 0.4) is 0 Å². The molecule has 1 N–H and O–H groups in total. The highest BCUT2D eigenvalue weighted by atomic mass is 14.9. The van der Waals surface area contributed by atoms with Crippen molar-refractivity contribution in [3.63, 3.8) is 0 Å². The van der Waals surface area contributed by atoms with Gasteiger partial charge < -0.3 is 9.88 Å². The van der Waals surface area contributed by atoms with Crippen molar-refractivity contribution in [1.82, 2.24) is 9.88 Å². The molecule has 1 saturated carbocycles. The molecule has 2 rings (SSSR count). The second-order valence-corrected chi connectivity index (χ2v) is 5.67. The van der Waals surface area contributed by atoms with E-state index in [4.69, 9.17) is 0 Å². The van der Waals surface area contributed by atoms with E-state index in [0.29, 0.717) is 5.41 Å². The van der Waals surface area contributed by atoms with Crippen LogP contribution in [0.2, 0.25) is 0 Å². The van der Waals surface area contributed by atoms with Crippen LogP contribution in [0.4, 0.5) is 0 Å². The average molecular weight is 206 g/mol. The van der Waals surface area contributed by atoms with Gasteiger partial charge in [0.2, 0.25) is 0 Å². The maximum Gasteiger partial charge on any atom is 0.0223 e. The number of aromatic nitrogens is 1. The molecule has 1 aromatic heterocycles. The first kappa shape index (κ1) is 10.7. The van der Waals surface area contributed by atoms with Crippen LogP contribution in [0.5, 0.6) is 0 Å². The number of aryl methyl sites for hydroxylation is 1. The fourth-order valence-corrected chi connectivity index (χ4v) is 2.54. The fraction of sp³-hybridized carbons (Fsp3) is 0.692. The Morgan fingerprint density at radius 3 is 2.87 bits per heavy atom. The molecule has 2 heteroatoms. The van der Waals surface area contributed by atoms with Crippen LogP contribution in [0.1, 0.15) is 38.7 Å². The van der Waals surface area contributed by atoms with Crippen LogP contribution in [-0.2, 0) is 13.6 Å². The van der Waals surface area contributed by atoms with Crippen molar-refractivity contribution in [3.05, 3.63) is 24.0 Å². The van der Waals surface area contributed by atoms with Gasteiger partial charge in [-0.1, -0.05) is 13.8 Å². The highest BCUT2D eigenvalue weighted by Crippen LogP contribution is 2.36. The molecular weight excluding hydrogens is 184 g/mol. The second-order valence-electron chi connectivity index (χ2n) is 5.67. The van der Waals surface area contributed by atoms with Gasteiger partial charge in [0.05, 0.1) is 0 Å². The average Bonchev–Trinajstić information content (AvgIpc) is 2.69. The van der Waals surface area contributed by atoms with Crippen molar-refractivity contribution in [2.24, 2.45) is 12.5 Å². The van der Waals surface area contributed by atoms with Gasteiger partial charge in [0.25, 0.3) is 0 Å². The summed E-state index contributed by atoms with van der Waals surface area (Å²) in [4.78, 5) is 0. The Hall–Kier alpha value is -0.760. The van der Waals surface area contributed by atoms with Gasteiger partial charge in [-0.3, -0.25) is 0 Å². The number of nitrogens with zero attached hydrogens (tertiary/aromatic N) is 1. The lowest BCUT2D eigenvalue weighted by atomic mass is 9.92. The summed E-state index contributed by atoms with van der Waals surface area (Å²) in [5, 5.41) is 3.65. The summed E-state index contributed by atoms with van der Waals surface area (Å²) in [6, 6.07) is 2.91. The third-order valence-corrected chi connectivity index (χ3v) is 3.46. The van der Waals surface area contributed by atoms with E-state index in [-0.39, 0.29) is 0 Å². The van der Waals surface area contributed by atoms with Crippen LogP contribution in [0.25, 0.3) is 0 Å². The molecule has 1 aliphatic rings.